The van der Waals surface area contributed by atoms with E-state index in [1.165, 1.54) is 11.1 Å². The van der Waals surface area contributed by atoms with Gasteiger partial charge < -0.3 is 25.4 Å². The summed E-state index contributed by atoms with van der Waals surface area (Å²) in [5.41, 5.74) is 2.55. The zero-order chi connectivity index (χ0) is 18.8. The fourth-order valence-corrected chi connectivity index (χ4v) is 3.30. The average molecular weight is 490 g/mol. The maximum absolute atomic E-state index is 9.38. The third-order valence-corrected chi connectivity index (χ3v) is 4.81. The first-order valence-corrected chi connectivity index (χ1v) is 9.51. The third kappa shape index (κ3) is 7.93. The monoisotopic (exact) mass is 490 g/mol. The number of aliphatic imine (C=N–C) groups is 1. The van der Waals surface area contributed by atoms with Gasteiger partial charge in [-0.05, 0) is 45.0 Å². The van der Waals surface area contributed by atoms with Crippen molar-refractivity contribution < 1.29 is 9.84 Å². The molecule has 1 aromatic carbocycles. The summed E-state index contributed by atoms with van der Waals surface area (Å²) < 4.78 is 5.57. The van der Waals surface area contributed by atoms with Crippen LogP contribution in [0.4, 0.5) is 0 Å². The lowest BCUT2D eigenvalue weighted by Crippen LogP contribution is -2.44. The molecular formula is C20H35IN4O2. The second-order valence-electron chi connectivity index (χ2n) is 7.33. The van der Waals surface area contributed by atoms with E-state index in [4.69, 9.17) is 9.73 Å². The van der Waals surface area contributed by atoms with E-state index in [0.29, 0.717) is 13.2 Å². The second-order valence-corrected chi connectivity index (χ2v) is 7.33. The molecule has 2 rings (SSSR count). The summed E-state index contributed by atoms with van der Waals surface area (Å²) in [5.74, 6) is 0.816. The van der Waals surface area contributed by atoms with Gasteiger partial charge in [0.05, 0.1) is 13.2 Å². The van der Waals surface area contributed by atoms with Crippen LogP contribution < -0.4 is 10.6 Å². The van der Waals surface area contributed by atoms with E-state index in [-0.39, 0.29) is 36.0 Å². The van der Waals surface area contributed by atoms with Crippen molar-refractivity contribution in [2.75, 3.05) is 47.0 Å². The van der Waals surface area contributed by atoms with Crippen molar-refractivity contribution in [2.24, 2.45) is 10.4 Å². The number of rotatable bonds is 9. The number of aliphatic hydroxyl groups is 1. The number of aliphatic hydroxyl groups excluding tert-OH is 1. The van der Waals surface area contributed by atoms with Gasteiger partial charge in [0.2, 0.25) is 0 Å². The molecule has 0 amide bonds. The Labute approximate surface area is 180 Å². The molecule has 1 aliphatic rings. The van der Waals surface area contributed by atoms with Crippen molar-refractivity contribution >= 4 is 29.9 Å². The highest BCUT2D eigenvalue weighted by Crippen LogP contribution is 2.31. The molecule has 1 atom stereocenters. The Kier molecular flexibility index (Phi) is 11.2. The number of hydrogen-bond donors (Lipinski definition) is 3. The minimum atomic E-state index is 0. The van der Waals surface area contributed by atoms with Crippen molar-refractivity contribution in [2.45, 2.75) is 32.9 Å². The molecule has 0 saturated carbocycles. The quantitative estimate of drug-likeness (QED) is 0.282. The second kappa shape index (κ2) is 12.5. The first-order chi connectivity index (χ1) is 12.6. The van der Waals surface area contributed by atoms with Gasteiger partial charge in [-0.15, -0.1) is 24.0 Å². The number of nitrogens with zero attached hydrogens (tertiary/aromatic N) is 2. The van der Waals surface area contributed by atoms with Crippen molar-refractivity contribution in [1.29, 1.82) is 0 Å². The largest absolute Gasteiger partial charge is 0.396 e. The Morgan fingerprint density at radius 1 is 1.26 bits per heavy atom. The van der Waals surface area contributed by atoms with Crippen molar-refractivity contribution in [3.8, 4) is 0 Å². The van der Waals surface area contributed by atoms with Crippen molar-refractivity contribution in [1.82, 2.24) is 15.5 Å². The zero-order valence-corrected chi connectivity index (χ0v) is 19.2. The fourth-order valence-electron chi connectivity index (χ4n) is 3.30. The maximum Gasteiger partial charge on any atom is 0.191 e. The number of halogens is 1. The van der Waals surface area contributed by atoms with Gasteiger partial charge in [0.25, 0.3) is 0 Å². The molecule has 3 N–H and O–H groups in total. The summed E-state index contributed by atoms with van der Waals surface area (Å²) in [6, 6.07) is 8.45. The molecule has 1 aliphatic heterocycles. The Bertz CT molecular complexity index is 575. The summed E-state index contributed by atoms with van der Waals surface area (Å²) in [6.07, 6.45) is 1.73. The fraction of sp³-hybridized carbons (Fsp3) is 0.650. The van der Waals surface area contributed by atoms with Crippen LogP contribution >= 0.6 is 24.0 Å². The molecule has 7 heteroatoms. The minimum Gasteiger partial charge on any atom is -0.396 e. The highest BCUT2D eigenvalue weighted by Gasteiger charge is 2.34. The lowest BCUT2D eigenvalue weighted by molar-refractivity contribution is 0.127. The first kappa shape index (κ1) is 24.1. The van der Waals surface area contributed by atoms with Crippen LogP contribution in [0.25, 0.3) is 0 Å². The number of hydrogen-bond acceptors (Lipinski definition) is 4. The lowest BCUT2D eigenvalue weighted by Gasteiger charge is -2.27. The van der Waals surface area contributed by atoms with Crippen LogP contribution in [0.2, 0.25) is 0 Å². The molecule has 1 aromatic rings. The average Bonchev–Trinajstić information content (AvgIpc) is 3.07. The van der Waals surface area contributed by atoms with Crippen LogP contribution in [0, 0.1) is 5.41 Å². The van der Waals surface area contributed by atoms with E-state index in [1.54, 1.807) is 0 Å². The first-order valence-electron chi connectivity index (χ1n) is 9.51. The molecular weight excluding hydrogens is 455 g/mol. The Balaban J connectivity index is 0.00000364. The van der Waals surface area contributed by atoms with Gasteiger partial charge in [-0.2, -0.15) is 0 Å². The molecule has 1 heterocycles. The normalized spacial score (nSPS) is 19.8. The topological polar surface area (TPSA) is 69.1 Å². The summed E-state index contributed by atoms with van der Waals surface area (Å²) in [5, 5.41) is 16.2. The summed E-state index contributed by atoms with van der Waals surface area (Å²) in [6.45, 7) is 6.86. The van der Waals surface area contributed by atoms with Gasteiger partial charge in [0.1, 0.15) is 0 Å². The van der Waals surface area contributed by atoms with Crippen molar-refractivity contribution in [3.63, 3.8) is 0 Å². The highest BCUT2D eigenvalue weighted by atomic mass is 127. The van der Waals surface area contributed by atoms with E-state index >= 15 is 0 Å². The van der Waals surface area contributed by atoms with Gasteiger partial charge >= 0.3 is 0 Å². The van der Waals surface area contributed by atoms with Crippen LogP contribution in [0.1, 0.15) is 30.9 Å². The molecule has 6 nitrogen and oxygen atoms in total. The Hall–Kier alpha value is -0.900. The van der Waals surface area contributed by atoms with E-state index in [9.17, 15) is 5.11 Å². The molecule has 27 heavy (non-hydrogen) atoms. The SMILES string of the molecule is CCNC(=NCc1ccccc1CN(C)C)NCC1(CCO)CCOC1.I. The van der Waals surface area contributed by atoms with E-state index < -0.39 is 0 Å². The maximum atomic E-state index is 9.38. The predicted octanol–water partition coefficient (Wildman–Crippen LogP) is 2.21. The number of guanidine groups is 1. The van der Waals surface area contributed by atoms with E-state index in [2.05, 4.69) is 60.8 Å². The highest BCUT2D eigenvalue weighted by molar-refractivity contribution is 14.0. The molecule has 0 radical (unpaired) electrons. The van der Waals surface area contributed by atoms with Gasteiger partial charge in [0.15, 0.2) is 5.96 Å². The van der Waals surface area contributed by atoms with Crippen LogP contribution in [0.15, 0.2) is 29.3 Å². The summed E-state index contributed by atoms with van der Waals surface area (Å²) >= 11 is 0. The number of nitrogens with one attached hydrogen (secondary N) is 2. The molecule has 1 saturated heterocycles. The van der Waals surface area contributed by atoms with Gasteiger partial charge in [-0.25, -0.2) is 4.99 Å². The zero-order valence-electron chi connectivity index (χ0n) is 16.8. The number of benzene rings is 1. The van der Waals surface area contributed by atoms with Crippen LogP contribution in [-0.4, -0.2) is 63.0 Å². The molecule has 0 spiro atoms. The lowest BCUT2D eigenvalue weighted by atomic mass is 9.84. The third-order valence-electron chi connectivity index (χ3n) is 4.81. The molecule has 1 fully saturated rings. The summed E-state index contributed by atoms with van der Waals surface area (Å²) in [4.78, 5) is 6.95. The molecule has 0 aliphatic carbocycles. The van der Waals surface area contributed by atoms with Crippen LogP contribution in [0.5, 0.6) is 0 Å². The number of ether oxygens (including phenoxy) is 1. The van der Waals surface area contributed by atoms with Crippen LogP contribution in [0.3, 0.4) is 0 Å². The summed E-state index contributed by atoms with van der Waals surface area (Å²) in [7, 11) is 4.16. The van der Waals surface area contributed by atoms with Crippen LogP contribution in [-0.2, 0) is 17.8 Å². The molecule has 154 valence electrons. The molecule has 0 aromatic heterocycles. The molecule has 0 bridgehead atoms. The standard InChI is InChI=1S/C20H34N4O2.HI/c1-4-21-19(23-15-20(9-11-25)10-12-26-16-20)22-13-17-7-5-6-8-18(17)14-24(2)3;/h5-8,25H,4,9-16H2,1-3H3,(H2,21,22,23);1H. The minimum absolute atomic E-state index is 0. The van der Waals surface area contributed by atoms with Crippen molar-refractivity contribution in [3.05, 3.63) is 35.4 Å². The predicted molar refractivity (Wildman–Crippen MR) is 122 cm³/mol. The van der Waals surface area contributed by atoms with Gasteiger partial charge in [-0.1, -0.05) is 24.3 Å². The smallest absolute Gasteiger partial charge is 0.191 e. The molecule has 1 unspecified atom stereocenters. The van der Waals surface area contributed by atoms with E-state index in [0.717, 1.165) is 45.0 Å². The van der Waals surface area contributed by atoms with Gasteiger partial charge in [0, 0.05) is 38.3 Å². The Morgan fingerprint density at radius 2 is 2.00 bits per heavy atom. The Morgan fingerprint density at radius 3 is 2.59 bits per heavy atom. The van der Waals surface area contributed by atoms with Gasteiger partial charge in [-0.3, -0.25) is 0 Å². The van der Waals surface area contributed by atoms with E-state index in [1.807, 2.05) is 0 Å².